The molecule has 3 nitrogen and oxygen atoms in total. The van der Waals surface area contributed by atoms with Gasteiger partial charge in [-0.1, -0.05) is 110 Å². The van der Waals surface area contributed by atoms with Crippen molar-refractivity contribution in [2.75, 3.05) is 0 Å². The quantitative estimate of drug-likeness (QED) is 0.163. The summed E-state index contributed by atoms with van der Waals surface area (Å²) in [6.07, 6.45) is 3.84. The molecule has 0 atom stereocenters. The Morgan fingerprint density at radius 3 is 2.06 bits per heavy atom. The summed E-state index contributed by atoms with van der Waals surface area (Å²) >= 11 is 0. The van der Waals surface area contributed by atoms with Crippen LogP contribution in [0.3, 0.4) is 0 Å². The predicted molar refractivity (Wildman–Crippen MR) is 193 cm³/mol. The molecule has 8 rings (SSSR count). The fourth-order valence-electron chi connectivity index (χ4n) is 5.98. The van der Waals surface area contributed by atoms with Crippen molar-refractivity contribution in [1.82, 2.24) is 9.97 Å². The third-order valence-corrected chi connectivity index (χ3v) is 8.74. The van der Waals surface area contributed by atoms with Gasteiger partial charge in [0.25, 0.3) is 0 Å². The van der Waals surface area contributed by atoms with E-state index < -0.39 is 0 Å². The summed E-state index contributed by atoms with van der Waals surface area (Å²) in [5, 5.41) is 2.22. The van der Waals surface area contributed by atoms with E-state index in [1.807, 2.05) is 67.0 Å². The van der Waals surface area contributed by atoms with E-state index in [0.29, 0.717) is 0 Å². The minimum Gasteiger partial charge on any atom is -0.500 e. The largest absolute Gasteiger partial charge is 0.500 e. The molecule has 0 aliphatic heterocycles. The van der Waals surface area contributed by atoms with Crippen molar-refractivity contribution in [3.8, 4) is 33.6 Å². The number of hydrogen-bond donors (Lipinski definition) is 0. The van der Waals surface area contributed by atoms with Crippen LogP contribution in [-0.2, 0) is 25.5 Å². The van der Waals surface area contributed by atoms with Crippen molar-refractivity contribution in [1.29, 1.82) is 0 Å². The van der Waals surface area contributed by atoms with E-state index in [0.717, 1.165) is 50.0 Å². The number of para-hydroxylation sites is 1. The predicted octanol–water partition coefficient (Wildman–Crippen LogP) is 11.3. The molecule has 5 aromatic carbocycles. The van der Waals surface area contributed by atoms with Gasteiger partial charge in [0.1, 0.15) is 5.58 Å². The first-order valence-electron chi connectivity index (χ1n) is 15.8. The third-order valence-electron chi connectivity index (χ3n) is 8.74. The Bertz CT molecular complexity index is 2280. The van der Waals surface area contributed by atoms with Crippen LogP contribution in [0.15, 0.2) is 156 Å². The standard InChI is InChI=1S/C24H16NO.C20H18N.Ir/c1-16-13-22(25-15-21(16)17-7-3-2-4-8-17)18-11-12-24-20(14-18)19-9-5-6-10-23(19)26-24;1-20(2,17-11-7-4-8-12-17)18-13-14-21-19(15-18)16-9-5-3-6-10-16;/h2-10,12-15H,1H3;3-9,11-15H,1-2H3;/q2*-1;. The van der Waals surface area contributed by atoms with Crippen molar-refractivity contribution in [3.05, 3.63) is 181 Å². The van der Waals surface area contributed by atoms with Gasteiger partial charge in [0.2, 0.25) is 0 Å². The van der Waals surface area contributed by atoms with E-state index in [1.54, 1.807) is 0 Å². The van der Waals surface area contributed by atoms with E-state index in [1.165, 1.54) is 22.3 Å². The first-order chi connectivity index (χ1) is 23.0. The summed E-state index contributed by atoms with van der Waals surface area (Å²) in [5.41, 5.74) is 11.7. The molecule has 3 heterocycles. The van der Waals surface area contributed by atoms with Gasteiger partial charge in [0.15, 0.2) is 0 Å². The maximum Gasteiger partial charge on any atom is 0.120 e. The number of rotatable bonds is 5. The van der Waals surface area contributed by atoms with Crippen LogP contribution in [0.1, 0.15) is 30.5 Å². The molecule has 0 bridgehead atoms. The summed E-state index contributed by atoms with van der Waals surface area (Å²) in [7, 11) is 0. The van der Waals surface area contributed by atoms with Gasteiger partial charge in [-0.25, -0.2) is 0 Å². The second kappa shape index (κ2) is 14.3. The number of pyridine rings is 2. The van der Waals surface area contributed by atoms with Gasteiger partial charge in [-0.15, -0.1) is 59.7 Å². The van der Waals surface area contributed by atoms with Gasteiger partial charge in [0.05, 0.1) is 5.58 Å². The number of benzene rings is 5. The van der Waals surface area contributed by atoms with E-state index in [2.05, 4.69) is 123 Å². The molecule has 4 heteroatoms. The van der Waals surface area contributed by atoms with Crippen LogP contribution in [0.25, 0.3) is 55.6 Å². The molecule has 0 aliphatic rings. The van der Waals surface area contributed by atoms with Crippen molar-refractivity contribution in [2.24, 2.45) is 0 Å². The van der Waals surface area contributed by atoms with Gasteiger partial charge in [-0.2, -0.15) is 0 Å². The number of aromatic nitrogens is 2. The fourth-order valence-corrected chi connectivity index (χ4v) is 5.98. The van der Waals surface area contributed by atoms with Gasteiger partial charge >= 0.3 is 0 Å². The molecule has 0 saturated carbocycles. The molecule has 237 valence electrons. The molecule has 1 radical (unpaired) electrons. The molecule has 48 heavy (non-hydrogen) atoms. The molecule has 0 amide bonds. The van der Waals surface area contributed by atoms with E-state index in [4.69, 9.17) is 9.40 Å². The molecule has 0 N–H and O–H groups in total. The molecule has 3 aromatic heterocycles. The smallest absolute Gasteiger partial charge is 0.120 e. The Labute approximate surface area is 295 Å². The average Bonchev–Trinajstić information content (AvgIpc) is 3.51. The molecular formula is C44H34IrN2O-2. The Kier molecular flexibility index (Phi) is 9.77. The topological polar surface area (TPSA) is 38.9 Å². The van der Waals surface area contributed by atoms with Gasteiger partial charge < -0.3 is 14.4 Å². The number of fused-ring (bicyclic) bond motifs is 3. The van der Waals surface area contributed by atoms with E-state index in [-0.39, 0.29) is 25.5 Å². The van der Waals surface area contributed by atoms with Crippen LogP contribution >= 0.6 is 0 Å². The van der Waals surface area contributed by atoms with Gasteiger partial charge in [-0.05, 0) is 52.7 Å². The van der Waals surface area contributed by atoms with Crippen LogP contribution in [0.2, 0.25) is 0 Å². The Hall–Kier alpha value is -5.15. The fraction of sp³-hybridized carbons (Fsp3) is 0.0909. The Morgan fingerprint density at radius 1 is 0.604 bits per heavy atom. The first-order valence-corrected chi connectivity index (χ1v) is 15.8. The zero-order valence-corrected chi connectivity index (χ0v) is 29.5. The number of aryl methyl sites for hydroxylation is 1. The first kappa shape index (κ1) is 32.8. The molecule has 0 saturated heterocycles. The van der Waals surface area contributed by atoms with Gasteiger partial charge in [0, 0.05) is 48.9 Å². The molecular weight excluding hydrogens is 765 g/mol. The average molecular weight is 799 g/mol. The molecule has 0 unspecified atom stereocenters. The molecule has 8 aromatic rings. The van der Waals surface area contributed by atoms with Crippen molar-refractivity contribution < 1.29 is 24.5 Å². The van der Waals surface area contributed by atoms with Crippen LogP contribution in [0.5, 0.6) is 0 Å². The number of hydrogen-bond acceptors (Lipinski definition) is 3. The zero-order chi connectivity index (χ0) is 32.2. The monoisotopic (exact) mass is 799 g/mol. The van der Waals surface area contributed by atoms with Gasteiger partial charge in [-0.3, -0.25) is 0 Å². The maximum atomic E-state index is 5.89. The molecule has 0 aliphatic carbocycles. The summed E-state index contributed by atoms with van der Waals surface area (Å²) in [5.74, 6) is 0. The minimum atomic E-state index is -0.0479. The van der Waals surface area contributed by atoms with Crippen molar-refractivity contribution in [3.63, 3.8) is 0 Å². The normalized spacial score (nSPS) is 11.1. The number of furan rings is 1. The Morgan fingerprint density at radius 2 is 1.31 bits per heavy atom. The van der Waals surface area contributed by atoms with E-state index >= 15 is 0 Å². The van der Waals surface area contributed by atoms with E-state index in [9.17, 15) is 0 Å². The minimum absolute atomic E-state index is 0. The van der Waals surface area contributed by atoms with Crippen LogP contribution in [0, 0.1) is 19.1 Å². The number of nitrogens with zero attached hydrogens (tertiary/aromatic N) is 2. The zero-order valence-electron chi connectivity index (χ0n) is 27.1. The van der Waals surface area contributed by atoms with Crippen molar-refractivity contribution >= 4 is 21.9 Å². The summed E-state index contributed by atoms with van der Waals surface area (Å²) in [4.78, 5) is 9.18. The second-order valence-electron chi connectivity index (χ2n) is 12.2. The second-order valence-corrected chi connectivity index (χ2v) is 12.2. The van der Waals surface area contributed by atoms with Crippen molar-refractivity contribution in [2.45, 2.75) is 26.2 Å². The molecule has 0 spiro atoms. The maximum absolute atomic E-state index is 5.89. The summed E-state index contributed by atoms with van der Waals surface area (Å²) in [6, 6.07) is 54.0. The van der Waals surface area contributed by atoms with Crippen LogP contribution in [0.4, 0.5) is 0 Å². The summed E-state index contributed by atoms with van der Waals surface area (Å²) in [6.45, 7) is 6.62. The van der Waals surface area contributed by atoms with Crippen LogP contribution in [-0.4, -0.2) is 9.97 Å². The third kappa shape index (κ3) is 6.78. The Balaban J connectivity index is 0.000000168. The molecule has 0 fully saturated rings. The summed E-state index contributed by atoms with van der Waals surface area (Å²) < 4.78 is 5.89. The SMILES string of the molecule is CC(C)(c1ccccc1)c1ccnc(-c2[c-]cccc2)c1.Cc1cc(-c2[c-]cc3oc4ccccc4c3c2)ncc1-c1ccccc1.[Ir]. The van der Waals surface area contributed by atoms with Crippen LogP contribution < -0.4 is 0 Å².